The van der Waals surface area contributed by atoms with E-state index in [9.17, 15) is 13.2 Å². The fourth-order valence-corrected chi connectivity index (χ4v) is 1.87. The van der Waals surface area contributed by atoms with Gasteiger partial charge >= 0.3 is 0 Å². The summed E-state index contributed by atoms with van der Waals surface area (Å²) in [6.07, 6.45) is 1.54. The number of nitrogens with one attached hydrogen (secondary N) is 1. The Hall–Kier alpha value is -1.63. The summed E-state index contributed by atoms with van der Waals surface area (Å²) < 4.78 is 21.7. The minimum absolute atomic E-state index is 0.0532. The number of sulfone groups is 1. The molecule has 0 bridgehead atoms. The van der Waals surface area contributed by atoms with Crippen molar-refractivity contribution in [1.82, 2.24) is 10.3 Å². The molecule has 0 aliphatic heterocycles. The molecule has 3 N–H and O–H groups in total. The zero-order chi connectivity index (χ0) is 12.9. The molecule has 1 aromatic heterocycles. The normalized spacial score (nSPS) is 11.1. The largest absolute Gasteiger partial charge is 0.384 e. The van der Waals surface area contributed by atoms with Crippen molar-refractivity contribution in [2.24, 2.45) is 0 Å². The zero-order valence-corrected chi connectivity index (χ0v) is 10.3. The maximum absolute atomic E-state index is 11.5. The van der Waals surface area contributed by atoms with Gasteiger partial charge in [0.05, 0.1) is 5.75 Å². The van der Waals surface area contributed by atoms with Gasteiger partial charge in [-0.25, -0.2) is 13.4 Å². The van der Waals surface area contributed by atoms with Crippen LogP contribution < -0.4 is 11.1 Å². The van der Waals surface area contributed by atoms with E-state index in [0.717, 1.165) is 6.26 Å². The molecule has 0 aromatic carbocycles. The van der Waals surface area contributed by atoms with Gasteiger partial charge in [-0.15, -0.1) is 0 Å². The standard InChI is InChI=1S/C10H15N3O3S/c1-17(15,16)7-3-6-12-10(14)8-4-2-5-9(11)13-8/h2,4-5H,3,6-7H2,1H3,(H2,11,13)(H,12,14). The molecule has 1 aromatic rings. The van der Waals surface area contributed by atoms with Crippen LogP contribution in [0.15, 0.2) is 18.2 Å². The quantitative estimate of drug-likeness (QED) is 0.713. The van der Waals surface area contributed by atoms with Crippen LogP contribution in [0.2, 0.25) is 0 Å². The third-order valence-electron chi connectivity index (χ3n) is 1.98. The van der Waals surface area contributed by atoms with Crippen molar-refractivity contribution in [3.8, 4) is 0 Å². The number of nitrogens with two attached hydrogens (primary N) is 1. The highest BCUT2D eigenvalue weighted by molar-refractivity contribution is 7.90. The molecule has 1 amide bonds. The van der Waals surface area contributed by atoms with Crippen molar-refractivity contribution >= 4 is 21.6 Å². The minimum atomic E-state index is -2.98. The van der Waals surface area contributed by atoms with E-state index < -0.39 is 9.84 Å². The highest BCUT2D eigenvalue weighted by atomic mass is 32.2. The first-order valence-electron chi connectivity index (χ1n) is 5.07. The second-order valence-corrected chi connectivity index (χ2v) is 5.95. The van der Waals surface area contributed by atoms with Crippen LogP contribution in [0.4, 0.5) is 5.82 Å². The number of carbonyl (C=O) groups is 1. The van der Waals surface area contributed by atoms with Crippen molar-refractivity contribution in [3.63, 3.8) is 0 Å². The Morgan fingerprint density at radius 2 is 2.18 bits per heavy atom. The van der Waals surface area contributed by atoms with Gasteiger partial charge in [-0.2, -0.15) is 0 Å². The molecule has 0 aliphatic carbocycles. The van der Waals surface area contributed by atoms with Gasteiger partial charge < -0.3 is 11.1 Å². The Morgan fingerprint density at radius 3 is 2.76 bits per heavy atom. The predicted octanol–water partition coefficient (Wildman–Crippen LogP) is -0.172. The summed E-state index contributed by atoms with van der Waals surface area (Å²) >= 11 is 0. The van der Waals surface area contributed by atoms with Gasteiger partial charge in [0.2, 0.25) is 0 Å². The van der Waals surface area contributed by atoms with E-state index in [4.69, 9.17) is 5.73 Å². The smallest absolute Gasteiger partial charge is 0.269 e. The fourth-order valence-electron chi connectivity index (χ4n) is 1.20. The van der Waals surface area contributed by atoms with E-state index in [0.29, 0.717) is 13.0 Å². The lowest BCUT2D eigenvalue weighted by Gasteiger charge is -2.04. The van der Waals surface area contributed by atoms with Crippen LogP contribution in [-0.4, -0.2) is 37.9 Å². The average molecular weight is 257 g/mol. The maximum Gasteiger partial charge on any atom is 0.269 e. The molecule has 0 unspecified atom stereocenters. The monoisotopic (exact) mass is 257 g/mol. The van der Waals surface area contributed by atoms with Crippen molar-refractivity contribution in [3.05, 3.63) is 23.9 Å². The van der Waals surface area contributed by atoms with Crippen LogP contribution in [0.5, 0.6) is 0 Å². The van der Waals surface area contributed by atoms with Crippen LogP contribution in [0.3, 0.4) is 0 Å². The summed E-state index contributed by atoms with van der Waals surface area (Å²) in [6.45, 7) is 0.294. The Balaban J connectivity index is 2.41. The molecule has 0 fully saturated rings. The lowest BCUT2D eigenvalue weighted by Crippen LogP contribution is -2.26. The summed E-state index contributed by atoms with van der Waals surface area (Å²) in [5, 5.41) is 2.58. The first kappa shape index (κ1) is 13.4. The molecule has 1 rings (SSSR count). The third-order valence-corrected chi connectivity index (χ3v) is 3.01. The van der Waals surface area contributed by atoms with Gasteiger partial charge in [-0.05, 0) is 18.6 Å². The molecule has 7 heteroatoms. The van der Waals surface area contributed by atoms with E-state index in [1.165, 1.54) is 0 Å². The molecule has 17 heavy (non-hydrogen) atoms. The summed E-state index contributed by atoms with van der Waals surface area (Å²) in [4.78, 5) is 15.4. The first-order valence-corrected chi connectivity index (χ1v) is 7.13. The Labute approximate surface area is 100 Å². The SMILES string of the molecule is CS(=O)(=O)CCCNC(=O)c1cccc(N)n1. The maximum atomic E-state index is 11.5. The number of pyridine rings is 1. The number of rotatable bonds is 5. The van der Waals surface area contributed by atoms with Crippen LogP contribution in [0.1, 0.15) is 16.9 Å². The number of carbonyl (C=O) groups excluding carboxylic acids is 1. The minimum Gasteiger partial charge on any atom is -0.384 e. The summed E-state index contributed by atoms with van der Waals surface area (Å²) in [6, 6.07) is 4.76. The molecule has 0 saturated heterocycles. The molecular weight excluding hydrogens is 242 g/mol. The lowest BCUT2D eigenvalue weighted by molar-refractivity contribution is 0.0949. The number of hydrogen-bond acceptors (Lipinski definition) is 5. The van der Waals surface area contributed by atoms with Crippen molar-refractivity contribution in [2.75, 3.05) is 24.3 Å². The molecule has 0 spiro atoms. The van der Waals surface area contributed by atoms with Crippen LogP contribution in [-0.2, 0) is 9.84 Å². The number of aromatic nitrogens is 1. The predicted molar refractivity (Wildman–Crippen MR) is 65.3 cm³/mol. The molecule has 94 valence electrons. The Morgan fingerprint density at radius 1 is 1.47 bits per heavy atom. The molecular formula is C10H15N3O3S. The Kier molecular flexibility index (Phi) is 4.45. The summed E-state index contributed by atoms with van der Waals surface area (Å²) in [5.41, 5.74) is 5.66. The van der Waals surface area contributed by atoms with Gasteiger partial charge in [-0.1, -0.05) is 6.07 Å². The highest BCUT2D eigenvalue weighted by Gasteiger charge is 2.07. The third kappa shape index (κ3) is 5.30. The number of hydrogen-bond donors (Lipinski definition) is 2. The molecule has 0 saturated carbocycles. The number of nitrogens with zero attached hydrogens (tertiary/aromatic N) is 1. The van der Waals surface area contributed by atoms with Gasteiger partial charge in [0, 0.05) is 12.8 Å². The molecule has 0 atom stereocenters. The number of nitrogen functional groups attached to an aromatic ring is 1. The van der Waals surface area contributed by atoms with E-state index in [-0.39, 0.29) is 23.2 Å². The Bertz CT molecular complexity index is 499. The van der Waals surface area contributed by atoms with Crippen molar-refractivity contribution < 1.29 is 13.2 Å². The van der Waals surface area contributed by atoms with Crippen LogP contribution >= 0.6 is 0 Å². The fraction of sp³-hybridized carbons (Fsp3) is 0.400. The molecule has 1 heterocycles. The molecule has 0 aliphatic rings. The second kappa shape index (κ2) is 5.62. The van der Waals surface area contributed by atoms with Crippen LogP contribution in [0, 0.1) is 0 Å². The average Bonchev–Trinajstić information content (AvgIpc) is 2.23. The van der Waals surface area contributed by atoms with Crippen molar-refractivity contribution in [1.29, 1.82) is 0 Å². The second-order valence-electron chi connectivity index (χ2n) is 3.69. The summed E-state index contributed by atoms with van der Waals surface area (Å²) in [7, 11) is -2.98. The highest BCUT2D eigenvalue weighted by Crippen LogP contribution is 2.00. The zero-order valence-electron chi connectivity index (χ0n) is 9.51. The van der Waals surface area contributed by atoms with Gasteiger partial charge in [-0.3, -0.25) is 4.79 Å². The molecule has 6 nitrogen and oxygen atoms in total. The topological polar surface area (TPSA) is 102 Å². The van der Waals surface area contributed by atoms with E-state index >= 15 is 0 Å². The lowest BCUT2D eigenvalue weighted by atomic mass is 10.3. The molecule has 0 radical (unpaired) electrons. The van der Waals surface area contributed by atoms with Gasteiger partial charge in [0.1, 0.15) is 21.3 Å². The van der Waals surface area contributed by atoms with Gasteiger partial charge in [0.15, 0.2) is 0 Å². The van der Waals surface area contributed by atoms with E-state index in [2.05, 4.69) is 10.3 Å². The summed E-state index contributed by atoms with van der Waals surface area (Å²) in [5.74, 6) is -0.0305. The number of amides is 1. The van der Waals surface area contributed by atoms with E-state index in [1.807, 2.05) is 0 Å². The first-order chi connectivity index (χ1) is 7.88. The van der Waals surface area contributed by atoms with E-state index in [1.54, 1.807) is 18.2 Å². The van der Waals surface area contributed by atoms with Gasteiger partial charge in [0.25, 0.3) is 5.91 Å². The number of anilines is 1. The van der Waals surface area contributed by atoms with Crippen molar-refractivity contribution in [2.45, 2.75) is 6.42 Å². The van der Waals surface area contributed by atoms with Crippen LogP contribution in [0.25, 0.3) is 0 Å².